The maximum atomic E-state index is 11.3. The van der Waals surface area contributed by atoms with Crippen molar-refractivity contribution in [1.29, 1.82) is 0 Å². The molecule has 1 atom stereocenters. The topological polar surface area (TPSA) is 97.9 Å². The minimum atomic E-state index is -0.899. The van der Waals surface area contributed by atoms with Crippen molar-refractivity contribution in [2.45, 2.75) is 38.1 Å². The van der Waals surface area contributed by atoms with Crippen LogP contribution in [0, 0.1) is 0 Å². The van der Waals surface area contributed by atoms with E-state index in [1.807, 2.05) is 42.5 Å². The number of ether oxygens (including phenoxy) is 2. The summed E-state index contributed by atoms with van der Waals surface area (Å²) >= 11 is 0. The van der Waals surface area contributed by atoms with Gasteiger partial charge in [0.1, 0.15) is 11.6 Å². The Bertz CT molecular complexity index is 1150. The standard InChI is InChI=1S/C24H25N3O4/c1-2-19-18-13-16(22-17-6-4-3-5-15(17)14-21(25)26-22)7-8-20(18)31-24(30-19)9-11-27(12-10-24)23(28)29/h3-8,13-14,19H,2,9-12H2,1H3,(H2,25,26)(H,28,29). The number of nitrogens with two attached hydrogens (primary N) is 1. The first kappa shape index (κ1) is 19.6. The summed E-state index contributed by atoms with van der Waals surface area (Å²) < 4.78 is 12.8. The monoisotopic (exact) mass is 419 g/mol. The molecule has 7 nitrogen and oxygen atoms in total. The number of hydrogen-bond donors (Lipinski definition) is 2. The number of nitrogens with zero attached hydrogens (tertiary/aromatic N) is 2. The summed E-state index contributed by atoms with van der Waals surface area (Å²) in [6.07, 6.45) is 0.781. The minimum absolute atomic E-state index is 0.132. The number of hydrogen-bond acceptors (Lipinski definition) is 5. The molecule has 5 rings (SSSR count). The van der Waals surface area contributed by atoms with E-state index in [0.717, 1.165) is 39.8 Å². The quantitative estimate of drug-likeness (QED) is 0.618. The highest BCUT2D eigenvalue weighted by molar-refractivity contribution is 5.96. The van der Waals surface area contributed by atoms with Gasteiger partial charge in [-0.3, -0.25) is 0 Å². The Balaban J connectivity index is 1.52. The Morgan fingerprint density at radius 1 is 1.23 bits per heavy atom. The zero-order chi connectivity index (χ0) is 21.6. The van der Waals surface area contributed by atoms with Gasteiger partial charge in [0, 0.05) is 42.4 Å². The van der Waals surface area contributed by atoms with E-state index in [-0.39, 0.29) is 6.10 Å². The lowest BCUT2D eigenvalue weighted by molar-refractivity contribution is -0.248. The Kier molecular flexibility index (Phi) is 4.70. The fraction of sp³-hybridized carbons (Fsp3) is 0.333. The van der Waals surface area contributed by atoms with E-state index in [4.69, 9.17) is 15.2 Å². The average molecular weight is 419 g/mol. The summed E-state index contributed by atoms with van der Waals surface area (Å²) in [5, 5.41) is 11.3. The van der Waals surface area contributed by atoms with Crippen LogP contribution in [0.3, 0.4) is 0 Å². The predicted molar refractivity (Wildman–Crippen MR) is 118 cm³/mol. The molecule has 1 spiro atoms. The number of nitrogen functional groups attached to an aromatic ring is 1. The van der Waals surface area contributed by atoms with Gasteiger partial charge in [-0.25, -0.2) is 9.78 Å². The van der Waals surface area contributed by atoms with E-state index in [9.17, 15) is 9.90 Å². The van der Waals surface area contributed by atoms with Crippen molar-refractivity contribution in [2.75, 3.05) is 18.8 Å². The number of pyridine rings is 1. The smallest absolute Gasteiger partial charge is 0.407 e. The van der Waals surface area contributed by atoms with Gasteiger partial charge in [0.2, 0.25) is 5.79 Å². The van der Waals surface area contributed by atoms with E-state index >= 15 is 0 Å². The van der Waals surface area contributed by atoms with Gasteiger partial charge in [-0.15, -0.1) is 0 Å². The second-order valence-corrected chi connectivity index (χ2v) is 8.17. The number of benzene rings is 2. The molecule has 0 radical (unpaired) electrons. The lowest BCUT2D eigenvalue weighted by Gasteiger charge is -2.46. The zero-order valence-corrected chi connectivity index (χ0v) is 17.4. The van der Waals surface area contributed by atoms with Crippen molar-refractivity contribution < 1.29 is 19.4 Å². The number of piperidine rings is 1. The normalized spacial score (nSPS) is 19.8. The maximum Gasteiger partial charge on any atom is 0.407 e. The highest BCUT2D eigenvalue weighted by Crippen LogP contribution is 2.46. The molecule has 0 bridgehead atoms. The number of fused-ring (bicyclic) bond motifs is 2. The van der Waals surface area contributed by atoms with Crippen LogP contribution >= 0.6 is 0 Å². The van der Waals surface area contributed by atoms with Crippen molar-refractivity contribution in [2.24, 2.45) is 0 Å². The van der Waals surface area contributed by atoms with Crippen LogP contribution in [0.4, 0.5) is 10.6 Å². The molecule has 2 aromatic carbocycles. The van der Waals surface area contributed by atoms with Crippen LogP contribution in [-0.4, -0.2) is 40.0 Å². The van der Waals surface area contributed by atoms with Gasteiger partial charge in [-0.2, -0.15) is 0 Å². The first-order chi connectivity index (χ1) is 15.0. The summed E-state index contributed by atoms with van der Waals surface area (Å²) in [5.41, 5.74) is 8.86. The van der Waals surface area contributed by atoms with E-state index in [1.54, 1.807) is 0 Å². The number of carbonyl (C=O) groups is 1. The third-order valence-corrected chi connectivity index (χ3v) is 6.21. The molecule has 2 aliphatic rings. The van der Waals surface area contributed by atoms with Gasteiger partial charge in [0.15, 0.2) is 0 Å². The molecule has 1 unspecified atom stereocenters. The second-order valence-electron chi connectivity index (χ2n) is 8.17. The Morgan fingerprint density at radius 3 is 2.74 bits per heavy atom. The van der Waals surface area contributed by atoms with E-state index in [0.29, 0.717) is 31.7 Å². The number of anilines is 1. The Hall–Kier alpha value is -3.32. The molecule has 7 heteroatoms. The zero-order valence-electron chi connectivity index (χ0n) is 17.4. The number of aromatic nitrogens is 1. The van der Waals surface area contributed by atoms with Gasteiger partial charge in [-0.1, -0.05) is 31.2 Å². The molecule has 1 saturated heterocycles. The summed E-state index contributed by atoms with van der Waals surface area (Å²) in [6, 6.07) is 16.0. The van der Waals surface area contributed by atoms with Gasteiger partial charge in [0.05, 0.1) is 11.8 Å². The van der Waals surface area contributed by atoms with Crippen LogP contribution in [0.1, 0.15) is 37.9 Å². The molecule has 3 aromatic rings. The molecule has 2 aliphatic heterocycles. The summed E-state index contributed by atoms with van der Waals surface area (Å²) in [6.45, 7) is 2.89. The fourth-order valence-corrected chi connectivity index (χ4v) is 4.59. The van der Waals surface area contributed by atoms with Crippen LogP contribution in [0.15, 0.2) is 48.5 Å². The van der Waals surface area contributed by atoms with Crippen molar-refractivity contribution >= 4 is 22.7 Å². The molecule has 3 N–H and O–H groups in total. The minimum Gasteiger partial charge on any atom is -0.465 e. The SMILES string of the molecule is CCC1OC2(CCN(C(=O)O)CC2)Oc2ccc(-c3nc(N)cc4ccccc34)cc21. The number of amides is 1. The predicted octanol–water partition coefficient (Wildman–Crippen LogP) is 4.81. The highest BCUT2D eigenvalue weighted by Gasteiger charge is 2.44. The number of rotatable bonds is 2. The summed E-state index contributed by atoms with van der Waals surface area (Å²) in [5.74, 6) is 0.498. The van der Waals surface area contributed by atoms with Crippen LogP contribution in [0.25, 0.3) is 22.0 Å². The average Bonchev–Trinajstić information content (AvgIpc) is 2.78. The van der Waals surface area contributed by atoms with E-state index in [2.05, 4.69) is 18.0 Å². The maximum absolute atomic E-state index is 11.3. The van der Waals surface area contributed by atoms with Crippen LogP contribution in [0.2, 0.25) is 0 Å². The second kappa shape index (κ2) is 7.42. The van der Waals surface area contributed by atoms with Crippen LogP contribution in [-0.2, 0) is 4.74 Å². The van der Waals surface area contributed by atoms with E-state index < -0.39 is 11.9 Å². The molecule has 0 aliphatic carbocycles. The largest absolute Gasteiger partial charge is 0.465 e. The molecule has 1 aromatic heterocycles. The van der Waals surface area contributed by atoms with Gasteiger partial charge in [0.25, 0.3) is 0 Å². The first-order valence-corrected chi connectivity index (χ1v) is 10.6. The molecule has 160 valence electrons. The van der Waals surface area contributed by atoms with Crippen molar-refractivity contribution in [3.05, 3.63) is 54.1 Å². The lowest BCUT2D eigenvalue weighted by atomic mass is 9.95. The molecule has 31 heavy (non-hydrogen) atoms. The first-order valence-electron chi connectivity index (χ1n) is 10.6. The van der Waals surface area contributed by atoms with Crippen molar-refractivity contribution in [3.63, 3.8) is 0 Å². The van der Waals surface area contributed by atoms with E-state index in [1.165, 1.54) is 4.90 Å². The fourth-order valence-electron chi connectivity index (χ4n) is 4.59. The van der Waals surface area contributed by atoms with Crippen molar-refractivity contribution in [3.8, 4) is 17.0 Å². The lowest BCUT2D eigenvalue weighted by Crippen LogP contribution is -2.53. The van der Waals surface area contributed by atoms with Crippen LogP contribution in [0.5, 0.6) is 5.75 Å². The number of carboxylic acid groups (broad SMARTS) is 1. The Labute approximate surface area is 180 Å². The summed E-state index contributed by atoms with van der Waals surface area (Å²) in [4.78, 5) is 17.3. The van der Waals surface area contributed by atoms with Crippen molar-refractivity contribution in [1.82, 2.24) is 9.88 Å². The molecule has 1 amide bonds. The van der Waals surface area contributed by atoms with Gasteiger partial charge < -0.3 is 25.2 Å². The van der Waals surface area contributed by atoms with Gasteiger partial charge >= 0.3 is 6.09 Å². The Morgan fingerprint density at radius 2 is 2.00 bits per heavy atom. The molecular formula is C24H25N3O4. The highest BCUT2D eigenvalue weighted by atomic mass is 16.7. The van der Waals surface area contributed by atoms with Crippen LogP contribution < -0.4 is 10.5 Å². The number of likely N-dealkylation sites (tertiary alicyclic amines) is 1. The molecule has 1 fully saturated rings. The third-order valence-electron chi connectivity index (χ3n) is 6.21. The molecular weight excluding hydrogens is 394 g/mol. The molecule has 0 saturated carbocycles. The van der Waals surface area contributed by atoms with Gasteiger partial charge in [-0.05, 0) is 36.1 Å². The summed E-state index contributed by atoms with van der Waals surface area (Å²) in [7, 11) is 0. The molecule has 3 heterocycles. The third kappa shape index (κ3) is 3.45.